The first-order chi connectivity index (χ1) is 33.4. The molecule has 2 aromatic rings. The number of hydrogen-bond acceptors (Lipinski definition) is 16. The van der Waals surface area contributed by atoms with Crippen molar-refractivity contribution in [3.05, 3.63) is 65.7 Å². The molecule has 4 heterocycles. The molecule has 0 spiro atoms. The molecule has 0 bridgehead atoms. The van der Waals surface area contributed by atoms with Crippen molar-refractivity contribution in [1.82, 2.24) is 5.32 Å². The summed E-state index contributed by atoms with van der Waals surface area (Å²) in [5.74, 6) is -2.64. The summed E-state index contributed by atoms with van der Waals surface area (Å²) in [4.78, 5) is 39.0. The van der Waals surface area contributed by atoms with E-state index in [0.29, 0.717) is 5.75 Å². The quantitative estimate of drug-likeness (QED) is 0.0799. The number of alkyl carbamates (subject to hydrolysis) is 1. The van der Waals surface area contributed by atoms with E-state index in [2.05, 4.69) is 73.0 Å². The minimum atomic E-state index is -2.38. The van der Waals surface area contributed by atoms with Gasteiger partial charge in [-0.15, -0.1) is 0 Å². The van der Waals surface area contributed by atoms with Gasteiger partial charge in [0.05, 0.1) is 20.3 Å². The maximum atomic E-state index is 13.4. The SMILES string of the molecule is COC(=O)[C@@H](Cc1ccc(O[C@H]2O[C@H](CO[Si](C)(C)C(C)(C)C)[C@@H](O[C@H]3O[C@H](CO[Si](C)(C)C(C)(C)C)[C@@H](OC(=O)CC(C)C)[C@@H]4OC(C)(C)O[C@H]34)[C@@H]3OC(C)(C)O[C@H]23)cc1)NC(=O)OCc1ccccc1. The first-order valence-corrected chi connectivity index (χ1v) is 31.1. The maximum Gasteiger partial charge on any atom is 0.408 e. The fraction of sp³-hybridized carbons (Fsp3) is 0.717. The van der Waals surface area contributed by atoms with Gasteiger partial charge in [0.1, 0.15) is 55.0 Å². The predicted molar refractivity (Wildman–Crippen MR) is 272 cm³/mol. The number of methoxy groups -OCH3 is 1. The molecule has 0 aliphatic carbocycles. The summed E-state index contributed by atoms with van der Waals surface area (Å²) in [6.07, 6.45) is -8.94. The molecule has 19 heteroatoms. The molecule has 2 aromatic carbocycles. The molecular formula is C53H83NO16Si2. The van der Waals surface area contributed by atoms with Gasteiger partial charge in [-0.05, 0) is 93.1 Å². The molecule has 4 aliphatic heterocycles. The third-order valence-corrected chi connectivity index (χ3v) is 23.4. The third-order valence-electron chi connectivity index (χ3n) is 14.4. The van der Waals surface area contributed by atoms with Crippen LogP contribution < -0.4 is 10.1 Å². The van der Waals surface area contributed by atoms with Crippen LogP contribution in [-0.4, -0.2) is 134 Å². The lowest BCUT2D eigenvalue weighted by atomic mass is 9.96. The highest BCUT2D eigenvalue weighted by Crippen LogP contribution is 2.46. The molecule has 4 aliphatic rings. The van der Waals surface area contributed by atoms with Crippen molar-refractivity contribution in [3.8, 4) is 5.75 Å². The smallest absolute Gasteiger partial charge is 0.408 e. The van der Waals surface area contributed by atoms with E-state index < -0.39 is 108 Å². The number of carbonyl (C=O) groups is 3. The van der Waals surface area contributed by atoms with Gasteiger partial charge in [-0.25, -0.2) is 9.59 Å². The monoisotopic (exact) mass is 1050 g/mol. The number of amides is 1. The number of benzene rings is 2. The molecule has 6 rings (SSSR count). The predicted octanol–water partition coefficient (Wildman–Crippen LogP) is 8.95. The lowest BCUT2D eigenvalue weighted by Crippen LogP contribution is -2.65. The molecule has 0 saturated carbocycles. The van der Waals surface area contributed by atoms with Gasteiger partial charge in [-0.1, -0.05) is 97.9 Å². The number of carbonyl (C=O) groups excluding carboxylic acids is 3. The van der Waals surface area contributed by atoms with Crippen LogP contribution in [0.3, 0.4) is 0 Å². The summed E-state index contributed by atoms with van der Waals surface area (Å²) in [6.45, 7) is 33.2. The van der Waals surface area contributed by atoms with E-state index >= 15 is 0 Å². The van der Waals surface area contributed by atoms with Gasteiger partial charge < -0.3 is 66.3 Å². The molecule has 11 atom stereocenters. The van der Waals surface area contributed by atoms with Crippen LogP contribution in [-0.2, 0) is 78.8 Å². The first kappa shape index (κ1) is 57.8. The Morgan fingerprint density at radius 1 is 0.681 bits per heavy atom. The molecular weight excluding hydrogens is 963 g/mol. The molecule has 404 valence electrons. The second kappa shape index (κ2) is 22.8. The standard InChI is InChI=1S/C53H83NO16Si2/c1-32(2)27-39(55)65-40-37(30-60-71(14,15)50(3,4)5)64-48(45-42(40)67-52(9,10)70-45)66-41-38(31-61-72(16,17)51(6,7)8)63-47(44-43(41)68-53(11,12)69-44)62-35-25-23-33(24-26-35)28-36(46(56)58-13)54-49(57)59-29-34-21-19-18-20-22-34/h18-26,32,36-38,40-45,47-48H,27-31H2,1-17H3,(H,54,57)/t36-,37-,38-,40-,41-,42+,43+,44+,45+,47+,48-/m1/s1. The number of rotatable bonds is 19. The third kappa shape index (κ3) is 14.7. The van der Waals surface area contributed by atoms with Crippen LogP contribution in [0.15, 0.2) is 54.6 Å². The highest BCUT2D eigenvalue weighted by atomic mass is 28.4. The van der Waals surface area contributed by atoms with Crippen LogP contribution in [0.2, 0.25) is 36.3 Å². The van der Waals surface area contributed by atoms with Crippen molar-refractivity contribution in [2.45, 2.75) is 218 Å². The summed E-state index contributed by atoms with van der Waals surface area (Å²) in [5.41, 5.74) is 1.53. The van der Waals surface area contributed by atoms with Gasteiger partial charge in [0.2, 0.25) is 6.29 Å². The lowest BCUT2D eigenvalue weighted by Gasteiger charge is -2.47. The minimum Gasteiger partial charge on any atom is -0.467 e. The molecule has 4 fully saturated rings. The van der Waals surface area contributed by atoms with Gasteiger partial charge in [0.25, 0.3) is 0 Å². The summed E-state index contributed by atoms with van der Waals surface area (Å²) in [5, 5.41) is 2.40. The van der Waals surface area contributed by atoms with Crippen molar-refractivity contribution in [2.75, 3.05) is 20.3 Å². The molecule has 1 amide bonds. The summed E-state index contributed by atoms with van der Waals surface area (Å²) in [6, 6.07) is 15.3. The average Bonchev–Trinajstić information content (AvgIpc) is 3.80. The Labute approximate surface area is 429 Å². The molecule has 72 heavy (non-hydrogen) atoms. The van der Waals surface area contributed by atoms with Crippen LogP contribution in [0.25, 0.3) is 0 Å². The fourth-order valence-corrected chi connectivity index (χ4v) is 10.5. The summed E-state index contributed by atoms with van der Waals surface area (Å²) < 4.78 is 84.4. The molecule has 0 radical (unpaired) electrons. The van der Waals surface area contributed by atoms with E-state index in [1.165, 1.54) is 7.11 Å². The van der Waals surface area contributed by atoms with Crippen LogP contribution in [0.5, 0.6) is 5.75 Å². The van der Waals surface area contributed by atoms with Crippen LogP contribution in [0.4, 0.5) is 4.79 Å². The fourth-order valence-electron chi connectivity index (χ4n) is 8.44. The van der Waals surface area contributed by atoms with Crippen molar-refractivity contribution in [3.63, 3.8) is 0 Å². The number of ether oxygens (including phenoxy) is 11. The molecule has 0 aromatic heterocycles. The Bertz CT molecular complexity index is 2120. The van der Waals surface area contributed by atoms with E-state index in [4.69, 9.17) is 61.0 Å². The van der Waals surface area contributed by atoms with E-state index in [-0.39, 0.29) is 54.6 Å². The Hall–Kier alpha value is -3.48. The molecule has 17 nitrogen and oxygen atoms in total. The Balaban J connectivity index is 1.27. The number of nitrogens with one attached hydrogen (secondary N) is 1. The van der Waals surface area contributed by atoms with Gasteiger partial charge in [-0.2, -0.15) is 0 Å². The number of esters is 2. The molecule has 1 N–H and O–H groups in total. The zero-order valence-corrected chi connectivity index (χ0v) is 47.7. The largest absolute Gasteiger partial charge is 0.467 e. The average molecular weight is 1050 g/mol. The Morgan fingerprint density at radius 2 is 1.18 bits per heavy atom. The van der Waals surface area contributed by atoms with Crippen molar-refractivity contribution < 1.29 is 75.3 Å². The lowest BCUT2D eigenvalue weighted by molar-refractivity contribution is -0.333. The van der Waals surface area contributed by atoms with Gasteiger partial charge in [-0.3, -0.25) is 4.79 Å². The van der Waals surface area contributed by atoms with E-state index in [9.17, 15) is 14.4 Å². The van der Waals surface area contributed by atoms with E-state index in [0.717, 1.165) is 11.1 Å². The second-order valence-electron chi connectivity index (χ2n) is 23.8. The normalized spacial score (nSPS) is 28.6. The van der Waals surface area contributed by atoms with E-state index in [1.54, 1.807) is 24.3 Å². The van der Waals surface area contributed by atoms with Gasteiger partial charge in [0, 0.05) is 12.8 Å². The Morgan fingerprint density at radius 3 is 1.71 bits per heavy atom. The molecule has 0 unspecified atom stereocenters. The highest BCUT2D eigenvalue weighted by Gasteiger charge is 2.62. The number of hydrogen-bond donors (Lipinski definition) is 1. The van der Waals surface area contributed by atoms with E-state index in [1.807, 2.05) is 71.9 Å². The molecule has 4 saturated heterocycles. The minimum absolute atomic E-state index is 0.0437. The summed E-state index contributed by atoms with van der Waals surface area (Å²) in [7, 11) is -3.44. The number of fused-ring (bicyclic) bond motifs is 2. The van der Waals surface area contributed by atoms with Crippen molar-refractivity contribution in [2.24, 2.45) is 5.92 Å². The van der Waals surface area contributed by atoms with Gasteiger partial charge in [0.15, 0.2) is 46.7 Å². The summed E-state index contributed by atoms with van der Waals surface area (Å²) >= 11 is 0. The first-order valence-electron chi connectivity index (χ1n) is 25.3. The Kier molecular flexibility index (Phi) is 18.3. The van der Waals surface area contributed by atoms with Crippen molar-refractivity contribution >= 4 is 34.7 Å². The van der Waals surface area contributed by atoms with Crippen LogP contribution in [0, 0.1) is 5.92 Å². The maximum absolute atomic E-state index is 13.4. The van der Waals surface area contributed by atoms with Crippen LogP contribution >= 0.6 is 0 Å². The zero-order chi connectivity index (χ0) is 53.2. The topological polar surface area (TPSA) is 183 Å². The zero-order valence-electron chi connectivity index (χ0n) is 45.7. The van der Waals surface area contributed by atoms with Crippen LogP contribution in [0.1, 0.15) is 101 Å². The van der Waals surface area contributed by atoms with Crippen molar-refractivity contribution in [1.29, 1.82) is 0 Å². The second-order valence-corrected chi connectivity index (χ2v) is 33.4. The van der Waals surface area contributed by atoms with Gasteiger partial charge >= 0.3 is 18.0 Å². The highest BCUT2D eigenvalue weighted by molar-refractivity contribution is 6.74.